The van der Waals surface area contributed by atoms with Crippen molar-refractivity contribution in [3.63, 3.8) is 0 Å². The van der Waals surface area contributed by atoms with E-state index in [2.05, 4.69) is 31.3 Å². The number of nitrogens with two attached hydrogens (primary N) is 1. The van der Waals surface area contributed by atoms with Gasteiger partial charge in [-0.1, -0.05) is 45.4 Å². The Morgan fingerprint density at radius 3 is 2.32 bits per heavy atom. The molecule has 0 aromatic carbocycles. The zero-order chi connectivity index (χ0) is 13.9. The van der Waals surface area contributed by atoms with E-state index in [0.29, 0.717) is 11.6 Å². The van der Waals surface area contributed by atoms with Crippen LogP contribution in [-0.2, 0) is 0 Å². The lowest BCUT2D eigenvalue weighted by molar-refractivity contribution is 0.0378. The first kappa shape index (κ1) is 15.3. The number of hydrogen-bond acceptors (Lipinski definition) is 3. The Morgan fingerprint density at radius 2 is 1.79 bits per heavy atom. The standard InChI is InChI=1S/C16H33N3/c1-4-13-9-5-6-10-14(13)15(18-17)16(19(2)3)11-7-8-12-16/h13-15,18H,4-12,17H2,1-3H3. The maximum atomic E-state index is 6.05. The predicted octanol–water partition coefficient (Wildman–Crippen LogP) is 2.91. The molecule has 2 saturated carbocycles. The summed E-state index contributed by atoms with van der Waals surface area (Å²) in [5.74, 6) is 7.68. The van der Waals surface area contributed by atoms with E-state index in [-0.39, 0.29) is 0 Å². The molecular weight excluding hydrogens is 234 g/mol. The van der Waals surface area contributed by atoms with Crippen LogP contribution in [0.4, 0.5) is 0 Å². The third-order valence-corrected chi connectivity index (χ3v) is 6.04. The third-order valence-electron chi connectivity index (χ3n) is 6.04. The topological polar surface area (TPSA) is 41.3 Å². The van der Waals surface area contributed by atoms with Crippen LogP contribution in [-0.4, -0.2) is 30.6 Å². The van der Waals surface area contributed by atoms with Gasteiger partial charge in [-0.25, -0.2) is 0 Å². The molecule has 3 unspecified atom stereocenters. The highest BCUT2D eigenvalue weighted by atomic mass is 15.3. The fraction of sp³-hybridized carbons (Fsp3) is 1.00. The van der Waals surface area contributed by atoms with E-state index < -0.39 is 0 Å². The summed E-state index contributed by atoms with van der Waals surface area (Å²) in [5, 5.41) is 0. The van der Waals surface area contributed by atoms with Gasteiger partial charge in [0, 0.05) is 11.6 Å². The van der Waals surface area contributed by atoms with Crippen molar-refractivity contribution < 1.29 is 0 Å². The minimum absolute atomic E-state index is 0.296. The predicted molar refractivity (Wildman–Crippen MR) is 81.7 cm³/mol. The third kappa shape index (κ3) is 2.84. The van der Waals surface area contributed by atoms with Crippen molar-refractivity contribution in [2.75, 3.05) is 14.1 Å². The molecule has 0 bridgehead atoms. The molecule has 0 radical (unpaired) electrons. The summed E-state index contributed by atoms with van der Waals surface area (Å²) < 4.78 is 0. The van der Waals surface area contributed by atoms with Crippen LogP contribution in [0.3, 0.4) is 0 Å². The van der Waals surface area contributed by atoms with E-state index in [9.17, 15) is 0 Å². The fourth-order valence-corrected chi connectivity index (χ4v) is 4.88. The number of nitrogens with zero attached hydrogens (tertiary/aromatic N) is 1. The lowest BCUT2D eigenvalue weighted by Crippen LogP contribution is -2.63. The zero-order valence-corrected chi connectivity index (χ0v) is 13.1. The molecule has 112 valence electrons. The average molecular weight is 267 g/mol. The Kier molecular flexibility index (Phi) is 5.27. The Labute approximate surface area is 119 Å². The molecule has 2 rings (SSSR count). The van der Waals surface area contributed by atoms with E-state index in [4.69, 9.17) is 5.84 Å². The molecule has 2 aliphatic carbocycles. The highest BCUT2D eigenvalue weighted by molar-refractivity contribution is 5.05. The van der Waals surface area contributed by atoms with Gasteiger partial charge in [0.05, 0.1) is 0 Å². The minimum atomic E-state index is 0.296. The lowest BCUT2D eigenvalue weighted by atomic mass is 9.68. The number of likely N-dealkylation sites (N-methyl/N-ethyl adjacent to an activating group) is 1. The van der Waals surface area contributed by atoms with Gasteiger partial charge in [0.1, 0.15) is 0 Å². The van der Waals surface area contributed by atoms with Crippen molar-refractivity contribution in [2.24, 2.45) is 17.7 Å². The fourth-order valence-electron chi connectivity index (χ4n) is 4.88. The van der Waals surface area contributed by atoms with E-state index in [1.165, 1.54) is 57.8 Å². The molecule has 3 nitrogen and oxygen atoms in total. The molecule has 0 heterocycles. The molecule has 2 fully saturated rings. The van der Waals surface area contributed by atoms with Crippen LogP contribution in [0.25, 0.3) is 0 Å². The second-order valence-electron chi connectivity index (χ2n) is 6.97. The van der Waals surface area contributed by atoms with Crippen molar-refractivity contribution in [2.45, 2.75) is 76.3 Å². The van der Waals surface area contributed by atoms with Crippen molar-refractivity contribution in [1.82, 2.24) is 10.3 Å². The number of nitrogens with one attached hydrogen (secondary N) is 1. The summed E-state index contributed by atoms with van der Waals surface area (Å²) in [7, 11) is 4.50. The molecule has 0 amide bonds. The normalized spacial score (nSPS) is 32.7. The molecule has 0 aromatic rings. The van der Waals surface area contributed by atoms with Crippen LogP contribution in [0.1, 0.15) is 64.7 Å². The van der Waals surface area contributed by atoms with Gasteiger partial charge in [-0.2, -0.15) is 0 Å². The second kappa shape index (κ2) is 6.55. The van der Waals surface area contributed by atoms with E-state index in [0.717, 1.165) is 11.8 Å². The van der Waals surface area contributed by atoms with Crippen molar-refractivity contribution in [3.05, 3.63) is 0 Å². The summed E-state index contributed by atoms with van der Waals surface area (Å²) in [6, 6.07) is 0.468. The van der Waals surface area contributed by atoms with Gasteiger partial charge in [-0.15, -0.1) is 0 Å². The minimum Gasteiger partial charge on any atom is -0.302 e. The first-order valence-electron chi connectivity index (χ1n) is 8.29. The van der Waals surface area contributed by atoms with Crippen LogP contribution in [0, 0.1) is 11.8 Å². The summed E-state index contributed by atoms with van der Waals surface area (Å²) >= 11 is 0. The van der Waals surface area contributed by atoms with E-state index >= 15 is 0 Å². The van der Waals surface area contributed by atoms with Gasteiger partial charge in [0.25, 0.3) is 0 Å². The summed E-state index contributed by atoms with van der Waals surface area (Å²) in [4.78, 5) is 2.46. The smallest absolute Gasteiger partial charge is 0.0425 e. The molecule has 2 aliphatic rings. The maximum absolute atomic E-state index is 6.05. The van der Waals surface area contributed by atoms with Gasteiger partial charge < -0.3 is 4.90 Å². The number of hydrazine groups is 1. The van der Waals surface area contributed by atoms with Crippen molar-refractivity contribution >= 4 is 0 Å². The van der Waals surface area contributed by atoms with Crippen LogP contribution >= 0.6 is 0 Å². The summed E-state index contributed by atoms with van der Waals surface area (Å²) in [5.41, 5.74) is 3.55. The van der Waals surface area contributed by atoms with Gasteiger partial charge in [-0.3, -0.25) is 11.3 Å². The molecule has 0 aromatic heterocycles. The zero-order valence-electron chi connectivity index (χ0n) is 13.1. The van der Waals surface area contributed by atoms with Gasteiger partial charge >= 0.3 is 0 Å². The molecule has 0 saturated heterocycles. The summed E-state index contributed by atoms with van der Waals surface area (Å²) in [6.07, 6.45) is 12.2. The highest BCUT2D eigenvalue weighted by Crippen LogP contribution is 2.44. The first-order chi connectivity index (χ1) is 9.15. The van der Waals surface area contributed by atoms with Gasteiger partial charge in [0.2, 0.25) is 0 Å². The number of hydrogen-bond donors (Lipinski definition) is 2. The van der Waals surface area contributed by atoms with E-state index in [1.807, 2.05) is 0 Å². The van der Waals surface area contributed by atoms with Crippen LogP contribution in [0.5, 0.6) is 0 Å². The quantitative estimate of drug-likeness (QED) is 0.594. The molecule has 3 atom stereocenters. The van der Waals surface area contributed by atoms with Crippen LogP contribution in [0.2, 0.25) is 0 Å². The summed E-state index contributed by atoms with van der Waals surface area (Å²) in [6.45, 7) is 2.35. The Balaban J connectivity index is 2.21. The average Bonchev–Trinajstić information content (AvgIpc) is 2.91. The maximum Gasteiger partial charge on any atom is 0.0425 e. The van der Waals surface area contributed by atoms with Crippen molar-refractivity contribution in [3.8, 4) is 0 Å². The molecule has 0 aliphatic heterocycles. The number of rotatable bonds is 5. The molecule has 3 N–H and O–H groups in total. The highest BCUT2D eigenvalue weighted by Gasteiger charge is 2.47. The molecule has 19 heavy (non-hydrogen) atoms. The first-order valence-corrected chi connectivity index (χ1v) is 8.29. The Hall–Kier alpha value is -0.120. The SMILES string of the molecule is CCC1CCCCC1C(NN)C1(N(C)C)CCCC1. The Bertz CT molecular complexity index is 271. The van der Waals surface area contributed by atoms with Gasteiger partial charge in [-0.05, 0) is 45.2 Å². The van der Waals surface area contributed by atoms with Crippen LogP contribution < -0.4 is 11.3 Å². The van der Waals surface area contributed by atoms with Crippen molar-refractivity contribution in [1.29, 1.82) is 0 Å². The molecule has 0 spiro atoms. The Morgan fingerprint density at radius 1 is 1.16 bits per heavy atom. The van der Waals surface area contributed by atoms with Crippen LogP contribution in [0.15, 0.2) is 0 Å². The monoisotopic (exact) mass is 267 g/mol. The molecule has 3 heteroatoms. The lowest BCUT2D eigenvalue weighted by Gasteiger charge is -2.49. The largest absolute Gasteiger partial charge is 0.302 e. The van der Waals surface area contributed by atoms with E-state index in [1.54, 1.807) is 0 Å². The second-order valence-corrected chi connectivity index (χ2v) is 6.97. The van der Waals surface area contributed by atoms with Gasteiger partial charge in [0.15, 0.2) is 0 Å². The molecular formula is C16H33N3.